The lowest BCUT2D eigenvalue weighted by atomic mass is 9.55. The number of hydrogen-bond acceptors (Lipinski definition) is 4. The van der Waals surface area contributed by atoms with E-state index < -0.39 is 0 Å². The molecule has 1 aliphatic carbocycles. The van der Waals surface area contributed by atoms with Crippen LogP contribution in [0.2, 0.25) is 0 Å². The van der Waals surface area contributed by atoms with Crippen molar-refractivity contribution in [2.75, 3.05) is 6.54 Å². The molecule has 1 amide bonds. The van der Waals surface area contributed by atoms with Gasteiger partial charge in [-0.05, 0) is 30.9 Å². The Kier molecular flexibility index (Phi) is 3.48. The summed E-state index contributed by atoms with van der Waals surface area (Å²) in [4.78, 5) is 15.3. The van der Waals surface area contributed by atoms with Crippen LogP contribution in [0.25, 0.3) is 11.5 Å². The topological polar surface area (TPSA) is 59.2 Å². The number of nitrogens with zero attached hydrogens (tertiary/aromatic N) is 3. The maximum atomic E-state index is 13.2. The van der Waals surface area contributed by atoms with Crippen LogP contribution in [0.5, 0.6) is 0 Å². The molecule has 2 heterocycles. The highest BCUT2D eigenvalue weighted by Gasteiger charge is 2.58. The molecule has 1 atom stereocenters. The fourth-order valence-electron chi connectivity index (χ4n) is 4.52. The van der Waals surface area contributed by atoms with Crippen molar-refractivity contribution in [1.82, 2.24) is 15.1 Å². The molecule has 1 saturated carbocycles. The summed E-state index contributed by atoms with van der Waals surface area (Å²) in [5.74, 6) is 1.47. The minimum atomic E-state index is 0.0812. The molecule has 1 unspecified atom stereocenters. The van der Waals surface area contributed by atoms with Crippen molar-refractivity contribution in [1.29, 1.82) is 0 Å². The number of aromatic nitrogens is 2. The summed E-state index contributed by atoms with van der Waals surface area (Å²) in [6, 6.07) is 7.87. The molecule has 1 saturated heterocycles. The molecule has 2 aliphatic rings. The zero-order valence-corrected chi connectivity index (χ0v) is 14.5. The Balaban J connectivity index is 1.66. The van der Waals surface area contributed by atoms with Gasteiger partial charge in [0.25, 0.3) is 5.91 Å². The summed E-state index contributed by atoms with van der Waals surface area (Å²) in [7, 11) is 0. The van der Waals surface area contributed by atoms with Gasteiger partial charge in [-0.2, -0.15) is 0 Å². The molecule has 2 fully saturated rings. The van der Waals surface area contributed by atoms with Crippen LogP contribution in [-0.2, 0) is 0 Å². The monoisotopic (exact) mass is 325 g/mol. The highest BCUT2D eigenvalue weighted by atomic mass is 16.4. The first-order chi connectivity index (χ1) is 11.5. The summed E-state index contributed by atoms with van der Waals surface area (Å²) >= 11 is 0. The average Bonchev–Trinajstić information content (AvgIpc) is 2.90. The molecule has 1 aromatic heterocycles. The second kappa shape index (κ2) is 5.43. The Labute approximate surface area is 142 Å². The number of aryl methyl sites for hydroxylation is 1. The number of rotatable bonds is 3. The molecule has 5 nitrogen and oxygen atoms in total. The van der Waals surface area contributed by atoms with Gasteiger partial charge >= 0.3 is 0 Å². The molecule has 2 aromatic rings. The maximum Gasteiger partial charge on any atom is 0.254 e. The van der Waals surface area contributed by atoms with Crippen LogP contribution < -0.4 is 0 Å². The van der Waals surface area contributed by atoms with E-state index in [2.05, 4.69) is 24.0 Å². The van der Waals surface area contributed by atoms with Crippen LogP contribution in [0.3, 0.4) is 0 Å². The highest BCUT2D eigenvalue weighted by molar-refractivity contribution is 6.00. The smallest absolute Gasteiger partial charge is 0.254 e. The second-order valence-corrected chi connectivity index (χ2v) is 7.51. The third kappa shape index (κ3) is 2.18. The number of carbonyl (C=O) groups excluding carboxylic acids is 1. The van der Waals surface area contributed by atoms with E-state index in [1.807, 2.05) is 29.2 Å². The summed E-state index contributed by atoms with van der Waals surface area (Å²) in [5, 5.41) is 7.97. The molecule has 0 bridgehead atoms. The third-order valence-corrected chi connectivity index (χ3v) is 5.60. The zero-order valence-electron chi connectivity index (χ0n) is 14.5. The van der Waals surface area contributed by atoms with Crippen LogP contribution in [0.1, 0.15) is 49.4 Å². The first-order valence-corrected chi connectivity index (χ1v) is 8.72. The minimum Gasteiger partial charge on any atom is -0.421 e. The van der Waals surface area contributed by atoms with Gasteiger partial charge in [0.15, 0.2) is 0 Å². The van der Waals surface area contributed by atoms with Crippen LogP contribution in [0.15, 0.2) is 28.7 Å². The molecule has 0 N–H and O–H groups in total. The second-order valence-electron chi connectivity index (χ2n) is 7.51. The highest BCUT2D eigenvalue weighted by Crippen LogP contribution is 2.55. The number of amides is 1. The molecular formula is C19H23N3O2. The Morgan fingerprint density at radius 3 is 2.62 bits per heavy atom. The van der Waals surface area contributed by atoms with E-state index in [4.69, 9.17) is 4.42 Å². The lowest BCUT2D eigenvalue weighted by Gasteiger charge is -2.64. The predicted molar refractivity (Wildman–Crippen MR) is 90.4 cm³/mol. The van der Waals surface area contributed by atoms with E-state index in [1.54, 1.807) is 6.92 Å². The van der Waals surface area contributed by atoms with Crippen LogP contribution in [0.4, 0.5) is 0 Å². The first-order valence-electron chi connectivity index (χ1n) is 8.72. The number of hydrogen-bond donors (Lipinski definition) is 0. The molecule has 4 rings (SSSR count). The molecular weight excluding hydrogens is 302 g/mol. The van der Waals surface area contributed by atoms with Gasteiger partial charge in [0, 0.05) is 24.9 Å². The fourth-order valence-corrected chi connectivity index (χ4v) is 4.52. The van der Waals surface area contributed by atoms with Crippen molar-refractivity contribution < 1.29 is 9.21 Å². The van der Waals surface area contributed by atoms with Gasteiger partial charge in [-0.3, -0.25) is 4.79 Å². The van der Waals surface area contributed by atoms with Crippen LogP contribution >= 0.6 is 0 Å². The summed E-state index contributed by atoms with van der Waals surface area (Å²) in [5.41, 5.74) is 1.75. The molecule has 5 heteroatoms. The van der Waals surface area contributed by atoms with Crippen molar-refractivity contribution in [3.63, 3.8) is 0 Å². The molecule has 126 valence electrons. The van der Waals surface area contributed by atoms with Crippen molar-refractivity contribution in [3.8, 4) is 11.5 Å². The van der Waals surface area contributed by atoms with Crippen molar-refractivity contribution in [2.24, 2.45) is 11.3 Å². The quantitative estimate of drug-likeness (QED) is 0.863. The van der Waals surface area contributed by atoms with Gasteiger partial charge in [0.2, 0.25) is 11.8 Å². The van der Waals surface area contributed by atoms with Gasteiger partial charge in [0.1, 0.15) is 0 Å². The Morgan fingerprint density at radius 2 is 2.04 bits per heavy atom. The van der Waals surface area contributed by atoms with E-state index in [9.17, 15) is 4.79 Å². The largest absolute Gasteiger partial charge is 0.421 e. The maximum absolute atomic E-state index is 13.2. The van der Waals surface area contributed by atoms with E-state index in [0.717, 1.165) is 12.1 Å². The van der Waals surface area contributed by atoms with E-state index in [-0.39, 0.29) is 5.91 Å². The van der Waals surface area contributed by atoms with Gasteiger partial charge in [-0.25, -0.2) is 0 Å². The van der Waals surface area contributed by atoms with Gasteiger partial charge in [-0.1, -0.05) is 32.4 Å². The molecule has 1 aromatic carbocycles. The standard InChI is InChI=1S/C19H23N3O2/c1-12(2)16-19(9-6-10-19)11-22(16)18(23)15-8-5-4-7-14(15)17-21-20-13(3)24-17/h4-5,7-8,12,16H,6,9-11H2,1-3H3. The minimum absolute atomic E-state index is 0.0812. The molecule has 24 heavy (non-hydrogen) atoms. The Hall–Kier alpha value is -2.17. The number of benzene rings is 1. The van der Waals surface area contributed by atoms with Gasteiger partial charge in [-0.15, -0.1) is 10.2 Å². The molecule has 1 aliphatic heterocycles. The SMILES string of the molecule is Cc1nnc(-c2ccccc2C(=O)N2CC3(CCC3)C2C(C)C)o1. The normalized spacial score (nSPS) is 21.7. The van der Waals surface area contributed by atoms with Gasteiger partial charge in [0.05, 0.1) is 11.1 Å². The number of likely N-dealkylation sites (tertiary alicyclic amines) is 1. The summed E-state index contributed by atoms with van der Waals surface area (Å²) in [6.45, 7) is 7.08. The molecule has 1 spiro atoms. The summed E-state index contributed by atoms with van der Waals surface area (Å²) in [6.07, 6.45) is 3.80. The lowest BCUT2D eigenvalue weighted by molar-refractivity contribution is -0.120. The van der Waals surface area contributed by atoms with E-state index in [1.165, 1.54) is 19.3 Å². The van der Waals surface area contributed by atoms with Crippen molar-refractivity contribution >= 4 is 5.91 Å². The Morgan fingerprint density at radius 1 is 1.29 bits per heavy atom. The Bertz CT molecular complexity index is 776. The number of carbonyl (C=O) groups is 1. The fraction of sp³-hybridized carbons (Fsp3) is 0.526. The van der Waals surface area contributed by atoms with Gasteiger partial charge < -0.3 is 9.32 Å². The van der Waals surface area contributed by atoms with Crippen molar-refractivity contribution in [3.05, 3.63) is 35.7 Å². The van der Waals surface area contributed by atoms with Crippen LogP contribution in [-0.4, -0.2) is 33.6 Å². The molecule has 0 radical (unpaired) electrons. The van der Waals surface area contributed by atoms with Crippen LogP contribution in [0, 0.1) is 18.3 Å². The average molecular weight is 325 g/mol. The summed E-state index contributed by atoms with van der Waals surface area (Å²) < 4.78 is 5.55. The zero-order chi connectivity index (χ0) is 16.9. The third-order valence-electron chi connectivity index (χ3n) is 5.60. The first kappa shape index (κ1) is 15.4. The lowest BCUT2D eigenvalue weighted by Crippen LogP contribution is -2.70. The van der Waals surface area contributed by atoms with E-state index in [0.29, 0.717) is 34.7 Å². The van der Waals surface area contributed by atoms with Crippen molar-refractivity contribution in [2.45, 2.75) is 46.1 Å². The van der Waals surface area contributed by atoms with E-state index >= 15 is 0 Å². The predicted octanol–water partition coefficient (Wildman–Crippen LogP) is 3.70.